The molecule has 21 heavy (non-hydrogen) atoms. The monoisotopic (exact) mass is 351 g/mol. The molecule has 2 N–H and O–H groups in total. The lowest BCUT2D eigenvalue weighted by Gasteiger charge is -2.15. The molecular formula is C17H19BrFNO. The van der Waals surface area contributed by atoms with Crippen LogP contribution >= 0.6 is 15.9 Å². The van der Waals surface area contributed by atoms with Crippen molar-refractivity contribution in [3.8, 4) is 5.75 Å². The fourth-order valence-electron chi connectivity index (χ4n) is 2.09. The fourth-order valence-corrected chi connectivity index (χ4v) is 2.60. The number of halogens is 2. The Labute approximate surface area is 133 Å². The Morgan fingerprint density at radius 3 is 2.48 bits per heavy atom. The predicted octanol–water partition coefficient (Wildman–Crippen LogP) is 4.73. The van der Waals surface area contributed by atoms with Gasteiger partial charge >= 0.3 is 0 Å². The Balaban J connectivity index is 2.24. The Bertz CT molecular complexity index is 630. The summed E-state index contributed by atoms with van der Waals surface area (Å²) in [6.45, 7) is 4.49. The van der Waals surface area contributed by atoms with E-state index >= 15 is 0 Å². The van der Waals surface area contributed by atoms with E-state index in [0.29, 0.717) is 12.2 Å². The quantitative estimate of drug-likeness (QED) is 0.844. The third-order valence-electron chi connectivity index (χ3n) is 3.32. The van der Waals surface area contributed by atoms with Crippen LogP contribution in [0.5, 0.6) is 5.75 Å². The molecule has 0 aliphatic carbocycles. The van der Waals surface area contributed by atoms with Crippen LogP contribution in [-0.4, -0.2) is 6.61 Å². The van der Waals surface area contributed by atoms with E-state index in [1.165, 1.54) is 6.07 Å². The van der Waals surface area contributed by atoms with Gasteiger partial charge in [0, 0.05) is 0 Å². The molecule has 1 atom stereocenters. The number of hydrogen-bond donors (Lipinski definition) is 1. The number of hydrogen-bond acceptors (Lipinski definition) is 2. The van der Waals surface area contributed by atoms with Crippen LogP contribution in [0.3, 0.4) is 0 Å². The lowest BCUT2D eigenvalue weighted by molar-refractivity contribution is 0.315. The van der Waals surface area contributed by atoms with Crippen molar-refractivity contribution >= 4 is 15.9 Å². The second-order valence-electron chi connectivity index (χ2n) is 5.02. The first-order valence-corrected chi connectivity index (χ1v) is 7.76. The van der Waals surface area contributed by atoms with Crippen molar-refractivity contribution in [1.82, 2.24) is 0 Å². The molecule has 4 heteroatoms. The normalized spacial score (nSPS) is 12.2. The third-order valence-corrected chi connectivity index (χ3v) is 3.94. The summed E-state index contributed by atoms with van der Waals surface area (Å²) in [4.78, 5) is 0. The van der Waals surface area contributed by atoms with E-state index in [1.807, 2.05) is 18.2 Å². The van der Waals surface area contributed by atoms with Gasteiger partial charge in [-0.25, -0.2) is 4.39 Å². The Kier molecular flexibility index (Phi) is 5.37. The second-order valence-corrected chi connectivity index (χ2v) is 5.88. The van der Waals surface area contributed by atoms with Gasteiger partial charge in [-0.2, -0.15) is 0 Å². The SMILES string of the molecule is CCCOc1ccc(C(N)c2ccc(F)c(C)c2)cc1Br. The van der Waals surface area contributed by atoms with Crippen LogP contribution in [0.4, 0.5) is 4.39 Å². The van der Waals surface area contributed by atoms with Gasteiger partial charge in [-0.05, 0) is 64.2 Å². The Morgan fingerprint density at radius 2 is 1.86 bits per heavy atom. The summed E-state index contributed by atoms with van der Waals surface area (Å²) in [6.07, 6.45) is 0.961. The zero-order valence-electron chi connectivity index (χ0n) is 12.2. The van der Waals surface area contributed by atoms with Crippen LogP contribution in [0.1, 0.15) is 36.1 Å². The highest BCUT2D eigenvalue weighted by atomic mass is 79.9. The summed E-state index contributed by atoms with van der Waals surface area (Å²) in [7, 11) is 0. The van der Waals surface area contributed by atoms with E-state index in [9.17, 15) is 4.39 Å². The Morgan fingerprint density at radius 1 is 1.19 bits per heavy atom. The van der Waals surface area contributed by atoms with Gasteiger partial charge in [-0.1, -0.05) is 25.1 Å². The molecule has 0 spiro atoms. The van der Waals surface area contributed by atoms with E-state index in [0.717, 1.165) is 27.8 Å². The molecular weight excluding hydrogens is 333 g/mol. The van der Waals surface area contributed by atoms with Crippen molar-refractivity contribution in [2.45, 2.75) is 26.3 Å². The average molecular weight is 352 g/mol. The summed E-state index contributed by atoms with van der Waals surface area (Å²) in [5.41, 5.74) is 8.72. The van der Waals surface area contributed by atoms with Gasteiger partial charge in [0.15, 0.2) is 0 Å². The van der Waals surface area contributed by atoms with Gasteiger partial charge < -0.3 is 10.5 Å². The maximum absolute atomic E-state index is 13.3. The van der Waals surface area contributed by atoms with Crippen LogP contribution in [0.25, 0.3) is 0 Å². The summed E-state index contributed by atoms with van der Waals surface area (Å²) >= 11 is 3.50. The molecule has 2 rings (SSSR count). The number of benzene rings is 2. The van der Waals surface area contributed by atoms with E-state index in [2.05, 4.69) is 22.9 Å². The maximum atomic E-state index is 13.3. The largest absolute Gasteiger partial charge is 0.492 e. The van der Waals surface area contributed by atoms with Crippen LogP contribution in [-0.2, 0) is 0 Å². The first kappa shape index (κ1) is 16.0. The molecule has 0 aliphatic rings. The molecule has 0 aromatic heterocycles. The summed E-state index contributed by atoms with van der Waals surface area (Å²) in [5, 5.41) is 0. The molecule has 112 valence electrons. The van der Waals surface area contributed by atoms with E-state index < -0.39 is 0 Å². The van der Waals surface area contributed by atoms with Gasteiger partial charge in [0.05, 0.1) is 17.1 Å². The zero-order chi connectivity index (χ0) is 15.4. The minimum atomic E-state index is -0.291. The van der Waals surface area contributed by atoms with E-state index in [1.54, 1.807) is 19.1 Å². The van der Waals surface area contributed by atoms with Crippen LogP contribution in [0.15, 0.2) is 40.9 Å². The van der Waals surface area contributed by atoms with Gasteiger partial charge in [-0.15, -0.1) is 0 Å². The van der Waals surface area contributed by atoms with Gasteiger partial charge in [-0.3, -0.25) is 0 Å². The van der Waals surface area contributed by atoms with Crippen LogP contribution in [0, 0.1) is 12.7 Å². The fraction of sp³-hybridized carbons (Fsp3) is 0.294. The molecule has 1 unspecified atom stereocenters. The minimum Gasteiger partial charge on any atom is -0.492 e. The number of rotatable bonds is 5. The third kappa shape index (κ3) is 3.83. The predicted molar refractivity (Wildman–Crippen MR) is 87.1 cm³/mol. The molecule has 2 aromatic carbocycles. The van der Waals surface area contributed by atoms with E-state index in [-0.39, 0.29) is 11.9 Å². The first-order valence-electron chi connectivity index (χ1n) is 6.96. The van der Waals surface area contributed by atoms with Crippen LogP contribution < -0.4 is 10.5 Å². The standard InChI is InChI=1S/C17H19BrFNO/c1-3-8-21-16-7-5-13(10-14(16)18)17(20)12-4-6-15(19)11(2)9-12/h4-7,9-10,17H,3,8,20H2,1-2H3. The van der Waals surface area contributed by atoms with E-state index in [4.69, 9.17) is 10.5 Å². The van der Waals surface area contributed by atoms with Crippen molar-refractivity contribution in [3.05, 3.63) is 63.4 Å². The minimum absolute atomic E-state index is 0.213. The lowest BCUT2D eigenvalue weighted by Crippen LogP contribution is -2.12. The van der Waals surface area contributed by atoms with Crippen molar-refractivity contribution in [2.24, 2.45) is 5.73 Å². The van der Waals surface area contributed by atoms with Gasteiger partial charge in [0.2, 0.25) is 0 Å². The lowest BCUT2D eigenvalue weighted by atomic mass is 9.98. The highest BCUT2D eigenvalue weighted by molar-refractivity contribution is 9.10. The molecule has 0 amide bonds. The number of nitrogens with two attached hydrogens (primary N) is 1. The highest BCUT2D eigenvalue weighted by Gasteiger charge is 2.12. The molecule has 0 bridgehead atoms. The van der Waals surface area contributed by atoms with Crippen molar-refractivity contribution in [1.29, 1.82) is 0 Å². The maximum Gasteiger partial charge on any atom is 0.133 e. The van der Waals surface area contributed by atoms with Crippen LogP contribution in [0.2, 0.25) is 0 Å². The highest BCUT2D eigenvalue weighted by Crippen LogP contribution is 2.30. The number of ether oxygens (including phenoxy) is 1. The molecule has 0 radical (unpaired) electrons. The molecule has 2 nitrogen and oxygen atoms in total. The molecule has 0 saturated carbocycles. The molecule has 0 aliphatic heterocycles. The Hall–Kier alpha value is -1.39. The van der Waals surface area contributed by atoms with Gasteiger partial charge in [0.1, 0.15) is 11.6 Å². The topological polar surface area (TPSA) is 35.2 Å². The summed E-state index contributed by atoms with van der Waals surface area (Å²) < 4.78 is 19.8. The molecule has 0 heterocycles. The molecule has 2 aromatic rings. The van der Waals surface area contributed by atoms with Gasteiger partial charge in [0.25, 0.3) is 0 Å². The van der Waals surface area contributed by atoms with Crippen molar-refractivity contribution in [3.63, 3.8) is 0 Å². The first-order chi connectivity index (χ1) is 10.0. The average Bonchev–Trinajstić information content (AvgIpc) is 2.48. The second kappa shape index (κ2) is 7.05. The summed E-state index contributed by atoms with van der Waals surface area (Å²) in [5.74, 6) is 0.596. The molecule has 0 fully saturated rings. The zero-order valence-corrected chi connectivity index (χ0v) is 13.8. The van der Waals surface area contributed by atoms with Crippen molar-refractivity contribution < 1.29 is 9.13 Å². The summed E-state index contributed by atoms with van der Waals surface area (Å²) in [6, 6.07) is 10.5. The smallest absolute Gasteiger partial charge is 0.133 e. The number of aryl methyl sites for hydroxylation is 1. The van der Waals surface area contributed by atoms with Crippen molar-refractivity contribution in [2.75, 3.05) is 6.61 Å². The molecule has 0 saturated heterocycles.